The maximum Gasteiger partial charge on any atom is 0.330 e. The molecule has 0 fully saturated rings. The first kappa shape index (κ1) is 21.0. The molecule has 3 N–H and O–H groups in total. The van der Waals surface area contributed by atoms with Gasteiger partial charge in [0, 0.05) is 31.2 Å². The van der Waals surface area contributed by atoms with Crippen LogP contribution in [0.15, 0.2) is 36.4 Å². The molecule has 0 bridgehead atoms. The zero-order valence-electron chi connectivity index (χ0n) is 15.0. The van der Waals surface area contributed by atoms with E-state index in [2.05, 4.69) is 20.7 Å². The number of ether oxygens (including phenoxy) is 1. The van der Waals surface area contributed by atoms with Gasteiger partial charge in [-0.2, -0.15) is 0 Å². The summed E-state index contributed by atoms with van der Waals surface area (Å²) in [6.45, 7) is 1.87. The summed E-state index contributed by atoms with van der Waals surface area (Å²) in [5.41, 5.74) is 0.567. The van der Waals surface area contributed by atoms with Gasteiger partial charge in [0.1, 0.15) is 0 Å². The van der Waals surface area contributed by atoms with Gasteiger partial charge >= 0.3 is 5.97 Å². The van der Waals surface area contributed by atoms with Crippen molar-refractivity contribution in [2.45, 2.75) is 19.4 Å². The summed E-state index contributed by atoms with van der Waals surface area (Å²) in [4.78, 5) is 47.4. The number of anilines is 1. The number of amides is 2. The van der Waals surface area contributed by atoms with Crippen LogP contribution in [0.5, 0.6) is 0 Å². The second-order valence-corrected chi connectivity index (χ2v) is 5.20. The second kappa shape index (κ2) is 10.8. The molecule has 0 saturated carbocycles. The average molecular weight is 361 g/mol. The predicted molar refractivity (Wildman–Crippen MR) is 96.7 cm³/mol. The van der Waals surface area contributed by atoms with Crippen LogP contribution in [-0.4, -0.2) is 50.3 Å². The summed E-state index contributed by atoms with van der Waals surface area (Å²) in [7, 11) is 3.07. The maximum absolute atomic E-state index is 12.5. The molecule has 0 aliphatic carbocycles. The van der Waals surface area contributed by atoms with Gasteiger partial charge in [0.15, 0.2) is 5.78 Å². The van der Waals surface area contributed by atoms with Gasteiger partial charge in [0.25, 0.3) is 0 Å². The summed E-state index contributed by atoms with van der Waals surface area (Å²) in [5, 5.41) is 7.80. The van der Waals surface area contributed by atoms with Crippen LogP contribution in [0.4, 0.5) is 5.69 Å². The van der Waals surface area contributed by atoms with E-state index in [1.165, 1.54) is 7.05 Å². The lowest BCUT2D eigenvalue weighted by atomic mass is 10.0. The number of esters is 1. The van der Waals surface area contributed by atoms with Crippen molar-refractivity contribution in [1.29, 1.82) is 0 Å². The van der Waals surface area contributed by atoms with Crippen LogP contribution < -0.4 is 16.0 Å². The Kier molecular flexibility index (Phi) is 8.72. The van der Waals surface area contributed by atoms with Gasteiger partial charge in [0.05, 0.1) is 18.3 Å². The van der Waals surface area contributed by atoms with Crippen molar-refractivity contribution < 1.29 is 23.9 Å². The molecule has 1 atom stereocenters. The number of para-hydroxylation sites is 1. The van der Waals surface area contributed by atoms with Crippen molar-refractivity contribution in [3.05, 3.63) is 42.0 Å². The number of rotatable bonds is 9. The first-order valence-electron chi connectivity index (χ1n) is 8.09. The number of hydrogen-bond acceptors (Lipinski definition) is 6. The van der Waals surface area contributed by atoms with Gasteiger partial charge < -0.3 is 20.7 Å². The molecule has 0 aliphatic rings. The second-order valence-electron chi connectivity index (χ2n) is 5.20. The molecular formula is C18H23N3O5. The Hall–Kier alpha value is -3.00. The molecule has 2 amide bonds. The molecule has 1 aromatic rings. The van der Waals surface area contributed by atoms with E-state index in [0.717, 1.165) is 12.2 Å². The minimum absolute atomic E-state index is 0.0677. The van der Waals surface area contributed by atoms with Gasteiger partial charge in [0.2, 0.25) is 11.8 Å². The summed E-state index contributed by atoms with van der Waals surface area (Å²) in [6.07, 6.45) is 1.97. The number of carbonyl (C=O) groups excluding carboxylic acids is 4. The summed E-state index contributed by atoms with van der Waals surface area (Å²) >= 11 is 0. The van der Waals surface area contributed by atoms with Crippen molar-refractivity contribution >= 4 is 29.3 Å². The van der Waals surface area contributed by atoms with E-state index in [0.29, 0.717) is 5.69 Å². The van der Waals surface area contributed by atoms with Gasteiger partial charge in [-0.15, -0.1) is 0 Å². The minimum atomic E-state index is -0.681. The van der Waals surface area contributed by atoms with Crippen LogP contribution in [0.1, 0.15) is 23.7 Å². The highest BCUT2D eigenvalue weighted by molar-refractivity contribution is 6.09. The van der Waals surface area contributed by atoms with Crippen LogP contribution in [0.25, 0.3) is 0 Å². The Morgan fingerprint density at radius 1 is 1.12 bits per heavy atom. The zero-order chi connectivity index (χ0) is 19.5. The lowest BCUT2D eigenvalue weighted by molar-refractivity contribution is -0.137. The molecule has 0 radical (unpaired) electrons. The van der Waals surface area contributed by atoms with E-state index >= 15 is 0 Å². The van der Waals surface area contributed by atoms with Crippen LogP contribution >= 0.6 is 0 Å². The topological polar surface area (TPSA) is 114 Å². The van der Waals surface area contributed by atoms with Crippen molar-refractivity contribution in [1.82, 2.24) is 10.6 Å². The van der Waals surface area contributed by atoms with Gasteiger partial charge in [-0.1, -0.05) is 12.1 Å². The summed E-state index contributed by atoms with van der Waals surface area (Å²) in [6, 6.07) is 5.77. The van der Waals surface area contributed by atoms with Crippen LogP contribution in [0.3, 0.4) is 0 Å². The number of benzene rings is 1. The Morgan fingerprint density at radius 3 is 2.42 bits per heavy atom. The zero-order valence-corrected chi connectivity index (χ0v) is 15.0. The Balaban J connectivity index is 2.87. The summed E-state index contributed by atoms with van der Waals surface area (Å²) in [5.74, 6) is -1.82. The maximum atomic E-state index is 12.5. The lowest BCUT2D eigenvalue weighted by Gasteiger charge is -2.15. The number of carbonyl (C=O) groups is 4. The molecule has 0 spiro atoms. The molecule has 1 unspecified atom stereocenters. The van der Waals surface area contributed by atoms with Crippen molar-refractivity contribution in [2.24, 2.45) is 0 Å². The van der Waals surface area contributed by atoms with Crippen LogP contribution in [0.2, 0.25) is 0 Å². The molecule has 0 heterocycles. The fourth-order valence-electron chi connectivity index (χ4n) is 2.14. The van der Waals surface area contributed by atoms with Crippen LogP contribution in [-0.2, 0) is 19.1 Å². The Labute approximate surface area is 152 Å². The molecule has 8 heteroatoms. The van der Waals surface area contributed by atoms with E-state index in [4.69, 9.17) is 0 Å². The SMILES string of the molecule is CCOC(=O)/C=C/C(=O)Nc1ccccc1C(=O)CC(NC)C(=O)NC. The quantitative estimate of drug-likeness (QED) is 0.338. The molecule has 1 rings (SSSR count). The third-order valence-corrected chi connectivity index (χ3v) is 3.44. The normalized spacial score (nSPS) is 11.7. The van der Waals surface area contributed by atoms with E-state index < -0.39 is 17.9 Å². The molecule has 0 aliphatic heterocycles. The smallest absolute Gasteiger partial charge is 0.330 e. The van der Waals surface area contributed by atoms with E-state index in [1.54, 1.807) is 38.2 Å². The first-order chi connectivity index (χ1) is 12.4. The molecule has 140 valence electrons. The number of nitrogens with one attached hydrogen (secondary N) is 3. The predicted octanol–water partition coefficient (Wildman–Crippen LogP) is 0.651. The fraction of sp³-hybridized carbons (Fsp3) is 0.333. The van der Waals surface area contributed by atoms with E-state index in [9.17, 15) is 19.2 Å². The monoisotopic (exact) mass is 361 g/mol. The van der Waals surface area contributed by atoms with Crippen LogP contribution in [0, 0.1) is 0 Å². The van der Waals surface area contributed by atoms with Gasteiger partial charge in [-0.25, -0.2) is 4.79 Å². The standard InChI is InChI=1S/C18H23N3O5/c1-4-26-17(24)10-9-16(23)21-13-8-6-5-7-12(13)15(22)11-14(19-2)18(25)20-3/h5-10,14,19H,4,11H2,1-3H3,(H,20,25)(H,21,23)/b10-9+. The molecular weight excluding hydrogens is 338 g/mol. The Morgan fingerprint density at radius 2 is 1.81 bits per heavy atom. The fourth-order valence-corrected chi connectivity index (χ4v) is 2.14. The number of Topliss-reactive ketones (excluding diaryl/α,β-unsaturated/α-hetero) is 1. The third kappa shape index (κ3) is 6.48. The average Bonchev–Trinajstić information content (AvgIpc) is 2.64. The molecule has 0 aromatic heterocycles. The highest BCUT2D eigenvalue weighted by Gasteiger charge is 2.21. The molecule has 0 saturated heterocycles. The molecule has 26 heavy (non-hydrogen) atoms. The van der Waals surface area contributed by atoms with Crippen molar-refractivity contribution in [2.75, 3.05) is 26.0 Å². The minimum Gasteiger partial charge on any atom is -0.463 e. The molecule has 1 aromatic carbocycles. The van der Waals surface area contributed by atoms with E-state index in [1.807, 2.05) is 0 Å². The number of ketones is 1. The van der Waals surface area contributed by atoms with Crippen molar-refractivity contribution in [3.8, 4) is 0 Å². The highest BCUT2D eigenvalue weighted by atomic mass is 16.5. The Bertz CT molecular complexity index is 700. The van der Waals surface area contributed by atoms with E-state index in [-0.39, 0.29) is 30.3 Å². The number of likely N-dealkylation sites (N-methyl/N-ethyl adjacent to an activating group) is 2. The largest absolute Gasteiger partial charge is 0.463 e. The third-order valence-electron chi connectivity index (χ3n) is 3.44. The van der Waals surface area contributed by atoms with Gasteiger partial charge in [-0.05, 0) is 26.1 Å². The van der Waals surface area contributed by atoms with Crippen molar-refractivity contribution in [3.63, 3.8) is 0 Å². The highest BCUT2D eigenvalue weighted by Crippen LogP contribution is 2.18. The van der Waals surface area contributed by atoms with Gasteiger partial charge in [-0.3, -0.25) is 14.4 Å². The first-order valence-corrected chi connectivity index (χ1v) is 8.09. The molecule has 8 nitrogen and oxygen atoms in total. The summed E-state index contributed by atoms with van der Waals surface area (Å²) < 4.78 is 4.69. The number of hydrogen-bond donors (Lipinski definition) is 3. The lowest BCUT2D eigenvalue weighted by Crippen LogP contribution is -2.42.